The van der Waals surface area contributed by atoms with Gasteiger partial charge in [0, 0.05) is 57.6 Å². The molecule has 1 N–H and O–H groups in total. The van der Waals surface area contributed by atoms with Crippen molar-refractivity contribution in [3.8, 4) is 0 Å². The third-order valence-electron chi connectivity index (χ3n) is 9.33. The van der Waals surface area contributed by atoms with E-state index in [4.69, 9.17) is 23.7 Å². The van der Waals surface area contributed by atoms with E-state index in [-0.39, 0.29) is 41.6 Å². The monoisotopic (exact) mass is 615 g/mol. The van der Waals surface area contributed by atoms with Crippen LogP contribution in [0.2, 0.25) is 0 Å². The minimum absolute atomic E-state index is 0.00875. The highest BCUT2D eigenvalue weighted by Gasteiger charge is 2.53. The molecule has 5 fully saturated rings. The fourth-order valence-electron chi connectivity index (χ4n) is 6.97. The molecule has 0 unspecified atom stereocenters. The Morgan fingerprint density at radius 2 is 1.75 bits per heavy atom. The summed E-state index contributed by atoms with van der Waals surface area (Å²) in [7, 11) is 0. The molecule has 0 aromatic carbocycles. The van der Waals surface area contributed by atoms with E-state index in [9.17, 15) is 9.59 Å². The quantitative estimate of drug-likeness (QED) is 0.230. The number of hydrogen-bond donors (Lipinski definition) is 1. The van der Waals surface area contributed by atoms with E-state index >= 15 is 0 Å². The minimum Gasteiger partial charge on any atom is -0.442 e. The van der Waals surface area contributed by atoms with Gasteiger partial charge in [-0.2, -0.15) is 0 Å². The molecule has 4 heterocycles. The molecule has 10 nitrogen and oxygen atoms in total. The lowest BCUT2D eigenvalue weighted by Gasteiger charge is -2.40. The van der Waals surface area contributed by atoms with Gasteiger partial charge in [-0.15, -0.1) is 0 Å². The first-order chi connectivity index (χ1) is 21.1. The lowest BCUT2D eigenvalue weighted by Crippen LogP contribution is -2.52. The molecule has 4 saturated heterocycles. The van der Waals surface area contributed by atoms with Gasteiger partial charge in [-0.1, -0.05) is 43.1 Å². The summed E-state index contributed by atoms with van der Waals surface area (Å²) in [5.74, 6) is -0.267. The van der Waals surface area contributed by atoms with Crippen LogP contribution in [0.15, 0.2) is 36.0 Å². The Balaban J connectivity index is 0.949. The summed E-state index contributed by atoms with van der Waals surface area (Å²) in [6, 6.07) is 0.429. The molecule has 3 atom stereocenters. The maximum atomic E-state index is 12.6. The summed E-state index contributed by atoms with van der Waals surface area (Å²) in [5.41, 5.74) is 0.948. The number of hydrogen-bond acceptors (Lipinski definition) is 8. The molecule has 10 heteroatoms. The molecule has 0 bridgehead atoms. The molecule has 4 aliphatic heterocycles. The predicted octanol–water partition coefficient (Wildman–Crippen LogP) is 4.49. The highest BCUT2D eigenvalue weighted by atomic mass is 16.7. The van der Waals surface area contributed by atoms with Gasteiger partial charge >= 0.3 is 6.09 Å². The minimum atomic E-state index is -0.503. The zero-order valence-electron chi connectivity index (χ0n) is 27.1. The van der Waals surface area contributed by atoms with Crippen molar-refractivity contribution in [2.75, 3.05) is 46.0 Å². The van der Waals surface area contributed by atoms with Gasteiger partial charge in [-0.25, -0.2) is 4.79 Å². The van der Waals surface area contributed by atoms with Crippen molar-refractivity contribution in [1.29, 1.82) is 0 Å². The fourth-order valence-corrected chi connectivity index (χ4v) is 6.97. The van der Waals surface area contributed by atoms with Gasteiger partial charge in [0.25, 0.3) is 0 Å². The normalized spacial score (nSPS) is 32.7. The van der Waals surface area contributed by atoms with Gasteiger partial charge in [0.1, 0.15) is 6.10 Å². The van der Waals surface area contributed by atoms with E-state index in [1.54, 1.807) is 17.9 Å². The first-order valence-electron chi connectivity index (χ1n) is 16.7. The predicted molar refractivity (Wildman–Crippen MR) is 167 cm³/mol. The molecular weight excluding hydrogens is 562 g/mol. The SMILES string of the molecule is CC(C=C[C@@H]1C[C@]2(CO2)CC(C)(C)O1)=CCC1OCC(NC(=O)C=C[C@H](C)OC(=O)N2CCN(C3CCCCC3)CC2)CO1. The lowest BCUT2D eigenvalue weighted by molar-refractivity contribution is -0.187. The van der Waals surface area contributed by atoms with Crippen molar-refractivity contribution in [1.82, 2.24) is 15.1 Å². The Bertz CT molecular complexity index is 1060. The number of piperazine rings is 1. The number of allylic oxidation sites excluding steroid dienone is 2. The number of epoxide rings is 1. The first-order valence-corrected chi connectivity index (χ1v) is 16.7. The molecule has 1 saturated carbocycles. The van der Waals surface area contributed by atoms with Gasteiger partial charge in [0.15, 0.2) is 6.29 Å². The molecule has 0 aromatic rings. The molecule has 0 aromatic heterocycles. The van der Waals surface area contributed by atoms with Crippen molar-refractivity contribution in [3.05, 3.63) is 36.0 Å². The molecule has 2 amide bonds. The second-order valence-electron chi connectivity index (χ2n) is 13.9. The number of ether oxygens (including phenoxy) is 5. The van der Waals surface area contributed by atoms with Crippen LogP contribution in [0.3, 0.4) is 0 Å². The summed E-state index contributed by atoms with van der Waals surface area (Å²) < 4.78 is 29.2. The van der Waals surface area contributed by atoms with Crippen LogP contribution in [-0.4, -0.2) is 110 Å². The highest BCUT2D eigenvalue weighted by molar-refractivity contribution is 5.87. The molecule has 246 valence electrons. The number of amides is 2. The van der Waals surface area contributed by atoms with E-state index in [1.165, 1.54) is 38.2 Å². The Morgan fingerprint density at radius 3 is 2.43 bits per heavy atom. The number of nitrogens with zero attached hydrogens (tertiary/aromatic N) is 2. The number of nitrogens with one attached hydrogen (secondary N) is 1. The van der Waals surface area contributed by atoms with Gasteiger partial charge in [-0.05, 0) is 46.6 Å². The molecule has 5 rings (SSSR count). The van der Waals surface area contributed by atoms with Crippen molar-refractivity contribution in [3.63, 3.8) is 0 Å². The van der Waals surface area contributed by atoms with E-state index in [0.717, 1.165) is 38.1 Å². The zero-order chi connectivity index (χ0) is 31.2. The number of rotatable bonds is 9. The smallest absolute Gasteiger partial charge is 0.410 e. The zero-order valence-corrected chi connectivity index (χ0v) is 27.1. The Kier molecular flexibility index (Phi) is 11.2. The van der Waals surface area contributed by atoms with E-state index < -0.39 is 6.10 Å². The van der Waals surface area contributed by atoms with Gasteiger partial charge in [-0.3, -0.25) is 9.69 Å². The van der Waals surface area contributed by atoms with Crippen LogP contribution in [0.4, 0.5) is 4.79 Å². The van der Waals surface area contributed by atoms with Crippen molar-refractivity contribution in [2.45, 2.75) is 121 Å². The number of carbonyl (C=O) groups excluding carboxylic acids is 2. The maximum absolute atomic E-state index is 12.6. The van der Waals surface area contributed by atoms with Crippen LogP contribution in [0.5, 0.6) is 0 Å². The molecular formula is C34H53N3O7. The fraction of sp³-hybridized carbons (Fsp3) is 0.765. The Hall–Kier alpha value is -2.24. The van der Waals surface area contributed by atoms with Crippen LogP contribution in [0.25, 0.3) is 0 Å². The molecule has 1 aliphatic carbocycles. The average Bonchev–Trinajstić information content (AvgIpc) is 3.75. The summed E-state index contributed by atoms with van der Waals surface area (Å²) in [6.07, 6.45) is 17.2. The van der Waals surface area contributed by atoms with E-state index in [2.05, 4.69) is 49.2 Å². The van der Waals surface area contributed by atoms with Gasteiger partial charge in [0.2, 0.25) is 5.91 Å². The van der Waals surface area contributed by atoms with E-state index in [0.29, 0.717) is 38.8 Å². The summed E-state index contributed by atoms with van der Waals surface area (Å²) in [5, 5.41) is 2.90. The largest absolute Gasteiger partial charge is 0.442 e. The topological polar surface area (TPSA) is 102 Å². The second kappa shape index (κ2) is 14.9. The lowest BCUT2D eigenvalue weighted by atomic mass is 9.85. The Morgan fingerprint density at radius 1 is 1.05 bits per heavy atom. The van der Waals surface area contributed by atoms with Gasteiger partial charge < -0.3 is 33.9 Å². The number of carbonyl (C=O) groups is 2. The maximum Gasteiger partial charge on any atom is 0.410 e. The van der Waals surface area contributed by atoms with Crippen LogP contribution in [-0.2, 0) is 28.5 Å². The average molecular weight is 616 g/mol. The second-order valence-corrected chi connectivity index (χ2v) is 13.9. The molecule has 5 aliphatic rings. The van der Waals surface area contributed by atoms with Gasteiger partial charge in [0.05, 0.1) is 43.2 Å². The summed E-state index contributed by atoms with van der Waals surface area (Å²) >= 11 is 0. The molecule has 0 radical (unpaired) electrons. The third-order valence-corrected chi connectivity index (χ3v) is 9.33. The third kappa shape index (κ3) is 9.88. The first kappa shape index (κ1) is 33.1. The van der Waals surface area contributed by atoms with E-state index in [1.807, 2.05) is 0 Å². The molecule has 44 heavy (non-hydrogen) atoms. The Labute approximate surface area is 263 Å². The van der Waals surface area contributed by atoms with Crippen LogP contribution in [0, 0.1) is 0 Å². The van der Waals surface area contributed by atoms with Crippen molar-refractivity contribution < 1.29 is 33.3 Å². The summed E-state index contributed by atoms with van der Waals surface area (Å²) in [6.45, 7) is 12.8. The standard InChI is InChI=1S/C34H53N3O7/c1-25(10-13-29-20-34(24-42-34)23-33(3,4)44-29)11-15-31-40-21-27(22-41-31)35-30(38)14-12-26(2)43-32(39)37-18-16-36(17-19-37)28-8-6-5-7-9-28/h10-14,26-29,31H,5-9,15-24H2,1-4H3,(H,35,38)/t26-,27?,29+,31?,34+/m0/s1. The van der Waals surface area contributed by atoms with Crippen LogP contribution >= 0.6 is 0 Å². The summed E-state index contributed by atoms with van der Waals surface area (Å²) in [4.78, 5) is 29.4. The van der Waals surface area contributed by atoms with Crippen molar-refractivity contribution >= 4 is 12.0 Å². The van der Waals surface area contributed by atoms with Crippen LogP contribution in [0.1, 0.15) is 79.1 Å². The van der Waals surface area contributed by atoms with Crippen molar-refractivity contribution in [2.24, 2.45) is 0 Å². The molecule has 1 spiro atoms. The van der Waals surface area contributed by atoms with Crippen LogP contribution < -0.4 is 5.32 Å². The highest BCUT2D eigenvalue weighted by Crippen LogP contribution is 2.46.